The Morgan fingerprint density at radius 2 is 1.50 bits per heavy atom. The summed E-state index contributed by atoms with van der Waals surface area (Å²) in [5.74, 6) is 2.09. The fourth-order valence-corrected chi connectivity index (χ4v) is 3.30. The average Bonchev–Trinajstić information content (AvgIpc) is 2.29. The first-order chi connectivity index (χ1) is 5.86. The van der Waals surface area contributed by atoms with Crippen LogP contribution in [-0.2, 0) is 11.5 Å². The molecule has 0 aromatic heterocycles. The molecule has 0 bridgehead atoms. The number of fused-ring (bicyclic) bond motifs is 1. The lowest BCUT2D eigenvalue weighted by atomic mass is 10.1. The zero-order valence-corrected chi connectivity index (χ0v) is 8.90. The van der Waals surface area contributed by atoms with E-state index in [9.17, 15) is 0 Å². The summed E-state index contributed by atoms with van der Waals surface area (Å²) in [7, 11) is 0. The second kappa shape index (κ2) is 3.81. The Morgan fingerprint density at radius 1 is 1.00 bits per heavy atom. The molecular formula is C9H8S3. The number of rotatable bonds is 0. The molecule has 0 saturated heterocycles. The molecule has 0 aliphatic carbocycles. The third-order valence-electron chi connectivity index (χ3n) is 1.81. The van der Waals surface area contributed by atoms with Crippen LogP contribution in [0.4, 0.5) is 0 Å². The number of thiocarbonyl (C=S) groups is 1. The van der Waals surface area contributed by atoms with E-state index in [0.717, 1.165) is 15.0 Å². The van der Waals surface area contributed by atoms with Crippen molar-refractivity contribution in [3.63, 3.8) is 0 Å². The van der Waals surface area contributed by atoms with Crippen LogP contribution in [0.15, 0.2) is 24.3 Å². The van der Waals surface area contributed by atoms with Gasteiger partial charge >= 0.3 is 0 Å². The molecule has 2 rings (SSSR count). The molecule has 1 aliphatic heterocycles. The Balaban J connectivity index is 2.32. The van der Waals surface area contributed by atoms with Gasteiger partial charge in [0.2, 0.25) is 0 Å². The van der Waals surface area contributed by atoms with Gasteiger partial charge in [-0.05, 0) is 11.1 Å². The summed E-state index contributed by atoms with van der Waals surface area (Å²) in [6, 6.07) is 8.57. The van der Waals surface area contributed by atoms with Crippen molar-refractivity contribution < 1.29 is 0 Å². The van der Waals surface area contributed by atoms with Crippen LogP contribution in [0.2, 0.25) is 0 Å². The predicted molar refractivity (Wildman–Crippen MR) is 61.6 cm³/mol. The van der Waals surface area contributed by atoms with Crippen molar-refractivity contribution in [2.75, 3.05) is 0 Å². The van der Waals surface area contributed by atoms with Gasteiger partial charge in [0.1, 0.15) is 3.53 Å². The van der Waals surface area contributed by atoms with Crippen LogP contribution < -0.4 is 0 Å². The highest BCUT2D eigenvalue weighted by molar-refractivity contribution is 8.46. The first-order valence-corrected chi connectivity index (χ1v) is 6.10. The Kier molecular flexibility index (Phi) is 2.73. The Bertz CT molecular complexity index is 277. The number of hydrogen-bond acceptors (Lipinski definition) is 3. The summed E-state index contributed by atoms with van der Waals surface area (Å²) in [4.78, 5) is 0. The minimum atomic E-state index is 1.04. The quantitative estimate of drug-likeness (QED) is 0.605. The van der Waals surface area contributed by atoms with Crippen molar-refractivity contribution in [3.8, 4) is 0 Å². The zero-order valence-electron chi connectivity index (χ0n) is 6.45. The minimum absolute atomic E-state index is 1.04. The topological polar surface area (TPSA) is 0 Å². The molecule has 1 heterocycles. The van der Waals surface area contributed by atoms with E-state index in [1.54, 1.807) is 23.5 Å². The van der Waals surface area contributed by atoms with Gasteiger partial charge in [0.05, 0.1) is 0 Å². The maximum atomic E-state index is 5.17. The van der Waals surface area contributed by atoms with E-state index in [0.29, 0.717) is 0 Å². The molecule has 12 heavy (non-hydrogen) atoms. The fourth-order valence-electron chi connectivity index (χ4n) is 1.15. The smallest absolute Gasteiger partial charge is 0.103 e. The van der Waals surface area contributed by atoms with Gasteiger partial charge in [0.25, 0.3) is 0 Å². The normalized spacial score (nSPS) is 16.8. The molecule has 3 heteroatoms. The average molecular weight is 212 g/mol. The van der Waals surface area contributed by atoms with E-state index in [2.05, 4.69) is 24.3 Å². The van der Waals surface area contributed by atoms with Gasteiger partial charge in [0.15, 0.2) is 0 Å². The molecular weight excluding hydrogens is 204 g/mol. The maximum absolute atomic E-state index is 5.17. The molecule has 0 saturated carbocycles. The van der Waals surface area contributed by atoms with E-state index >= 15 is 0 Å². The summed E-state index contributed by atoms with van der Waals surface area (Å²) < 4.78 is 1.08. The molecule has 1 aromatic rings. The molecule has 0 fully saturated rings. The summed E-state index contributed by atoms with van der Waals surface area (Å²) in [5.41, 5.74) is 2.88. The second-order valence-corrected chi connectivity index (χ2v) is 5.75. The molecule has 62 valence electrons. The molecule has 0 amide bonds. The van der Waals surface area contributed by atoms with Gasteiger partial charge in [-0.1, -0.05) is 36.5 Å². The largest absolute Gasteiger partial charge is 0.104 e. The maximum Gasteiger partial charge on any atom is 0.104 e. The Hall–Kier alpha value is 0.01000. The van der Waals surface area contributed by atoms with Gasteiger partial charge in [-0.15, -0.1) is 23.5 Å². The second-order valence-electron chi connectivity index (χ2n) is 2.60. The lowest BCUT2D eigenvalue weighted by Crippen LogP contribution is -1.85. The van der Waals surface area contributed by atoms with Gasteiger partial charge in [-0.2, -0.15) is 0 Å². The highest BCUT2D eigenvalue weighted by atomic mass is 32.2. The van der Waals surface area contributed by atoms with Gasteiger partial charge in [-0.25, -0.2) is 0 Å². The van der Waals surface area contributed by atoms with Crippen molar-refractivity contribution in [3.05, 3.63) is 35.4 Å². The van der Waals surface area contributed by atoms with E-state index in [1.165, 1.54) is 11.1 Å². The predicted octanol–water partition coefficient (Wildman–Crippen LogP) is 3.45. The first kappa shape index (κ1) is 8.60. The summed E-state index contributed by atoms with van der Waals surface area (Å²) in [5, 5.41) is 0. The van der Waals surface area contributed by atoms with Crippen LogP contribution in [0.25, 0.3) is 0 Å². The number of thioether (sulfide) groups is 2. The van der Waals surface area contributed by atoms with Crippen molar-refractivity contribution >= 4 is 39.3 Å². The van der Waals surface area contributed by atoms with Crippen molar-refractivity contribution in [2.24, 2.45) is 0 Å². The molecule has 1 aromatic carbocycles. The molecule has 0 nitrogen and oxygen atoms in total. The monoisotopic (exact) mass is 212 g/mol. The highest BCUT2D eigenvalue weighted by Crippen LogP contribution is 2.31. The Labute approximate surface area is 86.1 Å². The van der Waals surface area contributed by atoms with E-state index in [4.69, 9.17) is 12.2 Å². The van der Waals surface area contributed by atoms with E-state index < -0.39 is 0 Å². The van der Waals surface area contributed by atoms with E-state index in [1.807, 2.05) is 0 Å². The zero-order chi connectivity index (χ0) is 8.39. The van der Waals surface area contributed by atoms with Gasteiger partial charge in [0, 0.05) is 11.5 Å². The van der Waals surface area contributed by atoms with Crippen LogP contribution in [0.1, 0.15) is 11.1 Å². The first-order valence-electron chi connectivity index (χ1n) is 3.72. The van der Waals surface area contributed by atoms with Gasteiger partial charge < -0.3 is 0 Å². The van der Waals surface area contributed by atoms with Crippen molar-refractivity contribution in [1.29, 1.82) is 0 Å². The lowest BCUT2D eigenvalue weighted by molar-refractivity contribution is 1.29. The SMILES string of the molecule is S=C1SCc2ccccc2CS1. The summed E-state index contributed by atoms with van der Waals surface area (Å²) in [6.07, 6.45) is 0. The van der Waals surface area contributed by atoms with Crippen molar-refractivity contribution in [2.45, 2.75) is 11.5 Å². The van der Waals surface area contributed by atoms with Crippen LogP contribution in [0.3, 0.4) is 0 Å². The number of hydrogen-bond donors (Lipinski definition) is 0. The molecule has 0 radical (unpaired) electrons. The summed E-state index contributed by atoms with van der Waals surface area (Å²) >= 11 is 8.72. The molecule has 0 unspecified atom stereocenters. The third-order valence-corrected chi connectivity index (χ3v) is 4.61. The summed E-state index contributed by atoms with van der Waals surface area (Å²) in [6.45, 7) is 0. The third kappa shape index (κ3) is 1.84. The van der Waals surface area contributed by atoms with Crippen LogP contribution >= 0.6 is 35.7 Å². The Morgan fingerprint density at radius 3 is 2.00 bits per heavy atom. The van der Waals surface area contributed by atoms with Crippen molar-refractivity contribution in [1.82, 2.24) is 0 Å². The minimum Gasteiger partial charge on any atom is -0.103 e. The molecule has 1 aliphatic rings. The lowest BCUT2D eigenvalue weighted by Gasteiger charge is -2.00. The molecule has 0 spiro atoms. The van der Waals surface area contributed by atoms with E-state index in [-0.39, 0.29) is 0 Å². The fraction of sp³-hybridized carbons (Fsp3) is 0.222. The highest BCUT2D eigenvalue weighted by Gasteiger charge is 2.10. The van der Waals surface area contributed by atoms with Crippen LogP contribution in [0, 0.1) is 0 Å². The number of benzene rings is 1. The van der Waals surface area contributed by atoms with Crippen LogP contribution in [-0.4, -0.2) is 3.53 Å². The standard InChI is InChI=1S/C9H8S3/c10-9-11-5-7-3-1-2-4-8(7)6-12-9/h1-4H,5-6H2. The van der Waals surface area contributed by atoms with Crippen LogP contribution in [0.5, 0.6) is 0 Å². The van der Waals surface area contributed by atoms with Gasteiger partial charge in [-0.3, -0.25) is 0 Å². The molecule has 0 N–H and O–H groups in total. The molecule has 0 atom stereocenters.